The predicted molar refractivity (Wildman–Crippen MR) is 74.6 cm³/mol. The normalized spacial score (nSPS) is 14.8. The maximum atomic E-state index is 11.5. The van der Waals surface area contributed by atoms with Gasteiger partial charge < -0.3 is 15.5 Å². The molecule has 0 spiro atoms. The van der Waals surface area contributed by atoms with Crippen molar-refractivity contribution < 1.29 is 4.79 Å². The standard InChI is InChI=1S/C12H18N4O.ClH/c1-2-14-12(17)11-4-3-10(9-15-11)16-7-5-13-6-8-16;/h3-4,9,13H,2,5-8H2,1H3,(H,14,17);1H. The molecule has 2 rings (SSSR count). The zero-order valence-corrected chi connectivity index (χ0v) is 11.3. The molecule has 1 saturated heterocycles. The van der Waals surface area contributed by atoms with Gasteiger partial charge in [0.15, 0.2) is 0 Å². The Morgan fingerprint density at radius 1 is 1.44 bits per heavy atom. The molecule has 0 aromatic carbocycles. The van der Waals surface area contributed by atoms with Crippen LogP contribution < -0.4 is 15.5 Å². The fraction of sp³-hybridized carbons (Fsp3) is 0.500. The molecule has 1 aromatic rings. The number of anilines is 1. The molecular weight excluding hydrogens is 252 g/mol. The Hall–Kier alpha value is -1.33. The van der Waals surface area contributed by atoms with Gasteiger partial charge in [-0.2, -0.15) is 0 Å². The minimum absolute atomic E-state index is 0. The molecule has 0 atom stereocenters. The number of aromatic nitrogens is 1. The molecule has 6 heteroatoms. The van der Waals surface area contributed by atoms with Gasteiger partial charge in [0.1, 0.15) is 5.69 Å². The lowest BCUT2D eigenvalue weighted by atomic mass is 10.2. The Balaban J connectivity index is 0.00000162. The van der Waals surface area contributed by atoms with E-state index in [1.165, 1.54) is 0 Å². The first-order valence-corrected chi connectivity index (χ1v) is 6.01. The maximum Gasteiger partial charge on any atom is 0.269 e. The second-order valence-corrected chi connectivity index (χ2v) is 4.00. The first-order chi connectivity index (χ1) is 8.31. The van der Waals surface area contributed by atoms with Gasteiger partial charge in [-0.3, -0.25) is 4.79 Å². The molecule has 0 aliphatic carbocycles. The summed E-state index contributed by atoms with van der Waals surface area (Å²) in [5, 5.41) is 6.04. The smallest absolute Gasteiger partial charge is 0.269 e. The molecule has 1 aliphatic rings. The Labute approximate surface area is 113 Å². The number of halogens is 1. The van der Waals surface area contributed by atoms with Crippen molar-refractivity contribution in [2.75, 3.05) is 37.6 Å². The molecule has 1 amide bonds. The summed E-state index contributed by atoms with van der Waals surface area (Å²) >= 11 is 0. The molecule has 1 aromatic heterocycles. The highest BCUT2D eigenvalue weighted by Crippen LogP contribution is 2.13. The number of nitrogens with zero attached hydrogens (tertiary/aromatic N) is 2. The summed E-state index contributed by atoms with van der Waals surface area (Å²) in [5.41, 5.74) is 1.56. The van der Waals surface area contributed by atoms with E-state index in [1.54, 1.807) is 12.3 Å². The summed E-state index contributed by atoms with van der Waals surface area (Å²) in [6, 6.07) is 3.74. The maximum absolute atomic E-state index is 11.5. The Kier molecular flexibility index (Phi) is 5.88. The van der Waals surface area contributed by atoms with Gasteiger partial charge >= 0.3 is 0 Å². The van der Waals surface area contributed by atoms with Crippen LogP contribution in [0.2, 0.25) is 0 Å². The van der Waals surface area contributed by atoms with Gasteiger partial charge in [-0.25, -0.2) is 4.98 Å². The number of pyridine rings is 1. The first-order valence-electron chi connectivity index (χ1n) is 6.01. The molecule has 1 fully saturated rings. The third-order valence-electron chi connectivity index (χ3n) is 2.80. The lowest BCUT2D eigenvalue weighted by molar-refractivity contribution is 0.0951. The average molecular weight is 271 g/mol. The van der Waals surface area contributed by atoms with Gasteiger partial charge in [0.05, 0.1) is 11.9 Å². The second-order valence-electron chi connectivity index (χ2n) is 4.00. The van der Waals surface area contributed by atoms with E-state index >= 15 is 0 Å². The number of rotatable bonds is 3. The van der Waals surface area contributed by atoms with Crippen molar-refractivity contribution >= 4 is 24.0 Å². The van der Waals surface area contributed by atoms with Crippen molar-refractivity contribution in [3.05, 3.63) is 24.0 Å². The molecule has 0 saturated carbocycles. The van der Waals surface area contributed by atoms with E-state index in [4.69, 9.17) is 0 Å². The van der Waals surface area contributed by atoms with Crippen LogP contribution in [0.1, 0.15) is 17.4 Å². The van der Waals surface area contributed by atoms with E-state index in [2.05, 4.69) is 20.5 Å². The third-order valence-corrected chi connectivity index (χ3v) is 2.80. The number of piperazine rings is 1. The second kappa shape index (κ2) is 7.18. The van der Waals surface area contributed by atoms with Gasteiger partial charge in [-0.15, -0.1) is 12.4 Å². The summed E-state index contributed by atoms with van der Waals surface area (Å²) in [6.07, 6.45) is 1.77. The van der Waals surface area contributed by atoms with Crippen molar-refractivity contribution in [1.82, 2.24) is 15.6 Å². The lowest BCUT2D eigenvalue weighted by Crippen LogP contribution is -2.43. The van der Waals surface area contributed by atoms with Crippen LogP contribution in [0.5, 0.6) is 0 Å². The van der Waals surface area contributed by atoms with Crippen LogP contribution in [0.3, 0.4) is 0 Å². The fourth-order valence-corrected chi connectivity index (χ4v) is 1.88. The van der Waals surface area contributed by atoms with E-state index in [0.717, 1.165) is 31.9 Å². The largest absolute Gasteiger partial charge is 0.368 e. The Morgan fingerprint density at radius 2 is 2.17 bits per heavy atom. The van der Waals surface area contributed by atoms with E-state index in [9.17, 15) is 4.79 Å². The Bertz CT molecular complexity index is 376. The fourth-order valence-electron chi connectivity index (χ4n) is 1.88. The third kappa shape index (κ3) is 3.58. The van der Waals surface area contributed by atoms with Crippen LogP contribution in [0, 0.1) is 0 Å². The monoisotopic (exact) mass is 270 g/mol. The van der Waals surface area contributed by atoms with Gasteiger partial charge in [0.2, 0.25) is 0 Å². The predicted octanol–water partition coefficient (Wildman–Crippen LogP) is 0.663. The molecule has 5 nitrogen and oxygen atoms in total. The van der Waals surface area contributed by atoms with Crippen molar-refractivity contribution in [3.63, 3.8) is 0 Å². The minimum Gasteiger partial charge on any atom is -0.368 e. The summed E-state index contributed by atoms with van der Waals surface area (Å²) in [4.78, 5) is 18.0. The van der Waals surface area contributed by atoms with Crippen molar-refractivity contribution in [3.8, 4) is 0 Å². The zero-order valence-electron chi connectivity index (χ0n) is 10.5. The van der Waals surface area contributed by atoms with Crippen molar-refractivity contribution in [2.24, 2.45) is 0 Å². The minimum atomic E-state index is -0.112. The topological polar surface area (TPSA) is 57.3 Å². The summed E-state index contributed by atoms with van der Waals surface area (Å²) in [6.45, 7) is 6.49. The molecule has 100 valence electrons. The number of carbonyl (C=O) groups excluding carboxylic acids is 1. The molecule has 0 bridgehead atoms. The van der Waals surface area contributed by atoms with Gasteiger partial charge in [-0.05, 0) is 19.1 Å². The molecule has 18 heavy (non-hydrogen) atoms. The SMILES string of the molecule is CCNC(=O)c1ccc(N2CCNCC2)cn1.Cl. The van der Waals surface area contributed by atoms with Crippen molar-refractivity contribution in [2.45, 2.75) is 6.92 Å². The first kappa shape index (κ1) is 14.7. The van der Waals surface area contributed by atoms with Gasteiger partial charge in [0, 0.05) is 32.7 Å². The average Bonchev–Trinajstić information content (AvgIpc) is 2.40. The molecular formula is C12H19ClN4O. The lowest BCUT2D eigenvalue weighted by Gasteiger charge is -2.29. The van der Waals surface area contributed by atoms with E-state index < -0.39 is 0 Å². The number of hydrogen-bond acceptors (Lipinski definition) is 4. The van der Waals surface area contributed by atoms with Gasteiger partial charge in [0.25, 0.3) is 5.91 Å². The highest BCUT2D eigenvalue weighted by molar-refractivity contribution is 5.92. The van der Waals surface area contributed by atoms with Crippen molar-refractivity contribution in [1.29, 1.82) is 0 Å². The van der Waals surface area contributed by atoms with E-state index in [0.29, 0.717) is 12.2 Å². The molecule has 1 aliphatic heterocycles. The van der Waals surface area contributed by atoms with Crippen LogP contribution in [-0.4, -0.2) is 43.6 Å². The number of nitrogens with one attached hydrogen (secondary N) is 2. The molecule has 0 unspecified atom stereocenters. The van der Waals surface area contributed by atoms with E-state index in [-0.39, 0.29) is 18.3 Å². The van der Waals surface area contributed by atoms with Crippen LogP contribution in [-0.2, 0) is 0 Å². The summed E-state index contributed by atoms with van der Waals surface area (Å²) in [5.74, 6) is -0.112. The highest BCUT2D eigenvalue weighted by Gasteiger charge is 2.11. The quantitative estimate of drug-likeness (QED) is 0.847. The van der Waals surface area contributed by atoms with Crippen LogP contribution in [0.25, 0.3) is 0 Å². The molecule has 0 radical (unpaired) electrons. The Morgan fingerprint density at radius 3 is 2.72 bits per heavy atom. The number of hydrogen-bond donors (Lipinski definition) is 2. The van der Waals surface area contributed by atoms with Crippen LogP contribution in [0.15, 0.2) is 18.3 Å². The van der Waals surface area contributed by atoms with Gasteiger partial charge in [-0.1, -0.05) is 0 Å². The molecule has 2 N–H and O–H groups in total. The number of carbonyl (C=O) groups is 1. The van der Waals surface area contributed by atoms with Crippen LogP contribution >= 0.6 is 12.4 Å². The molecule has 2 heterocycles. The van der Waals surface area contributed by atoms with E-state index in [1.807, 2.05) is 13.0 Å². The van der Waals surface area contributed by atoms with Crippen LogP contribution in [0.4, 0.5) is 5.69 Å². The number of amides is 1. The zero-order chi connectivity index (χ0) is 12.1. The summed E-state index contributed by atoms with van der Waals surface area (Å²) < 4.78 is 0. The summed E-state index contributed by atoms with van der Waals surface area (Å²) in [7, 11) is 0. The highest BCUT2D eigenvalue weighted by atomic mass is 35.5.